The number of methoxy groups -OCH3 is 1. The largest absolute Gasteiger partial charge is 0.496 e. The van der Waals surface area contributed by atoms with Gasteiger partial charge in [0.25, 0.3) is 0 Å². The van der Waals surface area contributed by atoms with Crippen LogP contribution in [-0.4, -0.2) is 17.9 Å². The van der Waals surface area contributed by atoms with Crippen LogP contribution in [0.25, 0.3) is 10.2 Å². The lowest BCUT2D eigenvalue weighted by Crippen LogP contribution is -2.05. The Kier molecular flexibility index (Phi) is 3.71. The van der Waals surface area contributed by atoms with E-state index in [4.69, 9.17) is 4.74 Å². The summed E-state index contributed by atoms with van der Waals surface area (Å²) in [4.78, 5) is 16.8. The van der Waals surface area contributed by atoms with Crippen molar-refractivity contribution in [3.05, 3.63) is 58.6 Å². The molecule has 0 N–H and O–H groups in total. The number of Topliss-reactive ketones (excluding diaryl/α,β-unsaturated/α-hetero) is 1. The van der Waals surface area contributed by atoms with Crippen molar-refractivity contribution in [2.24, 2.45) is 0 Å². The molecule has 0 aliphatic rings. The van der Waals surface area contributed by atoms with Gasteiger partial charge in [0.2, 0.25) is 0 Å². The first-order valence-electron chi connectivity index (χ1n) is 6.67. The van der Waals surface area contributed by atoms with Gasteiger partial charge in [-0.3, -0.25) is 9.78 Å². The quantitative estimate of drug-likeness (QED) is 0.682. The van der Waals surface area contributed by atoms with Crippen molar-refractivity contribution in [2.45, 2.75) is 13.3 Å². The number of fused-ring (bicyclic) bond motifs is 1. The van der Waals surface area contributed by atoms with Crippen LogP contribution in [0.3, 0.4) is 0 Å². The Bertz CT molecular complexity index is 807. The molecular weight excluding hydrogens is 282 g/mol. The Balaban J connectivity index is 1.90. The average Bonchev–Trinajstić information content (AvgIpc) is 2.94. The average molecular weight is 297 g/mol. The highest BCUT2D eigenvalue weighted by Crippen LogP contribution is 2.23. The van der Waals surface area contributed by atoms with Gasteiger partial charge in [0.15, 0.2) is 5.78 Å². The van der Waals surface area contributed by atoms with Crippen LogP contribution in [0, 0.1) is 6.92 Å². The monoisotopic (exact) mass is 297 g/mol. The second-order valence-corrected chi connectivity index (χ2v) is 5.89. The number of aryl methyl sites for hydroxylation is 1. The van der Waals surface area contributed by atoms with E-state index < -0.39 is 0 Å². The van der Waals surface area contributed by atoms with E-state index in [0.717, 1.165) is 27.1 Å². The molecule has 3 nitrogen and oxygen atoms in total. The molecule has 2 aromatic heterocycles. The Morgan fingerprint density at radius 2 is 2.14 bits per heavy atom. The predicted molar refractivity (Wildman–Crippen MR) is 85.4 cm³/mol. The van der Waals surface area contributed by atoms with Crippen molar-refractivity contribution in [2.75, 3.05) is 7.11 Å². The molecule has 0 atom stereocenters. The minimum absolute atomic E-state index is 0.0571. The third kappa shape index (κ3) is 2.81. The molecule has 0 aliphatic heterocycles. The lowest BCUT2D eigenvalue weighted by Gasteiger charge is -2.09. The van der Waals surface area contributed by atoms with Crippen LogP contribution < -0.4 is 4.74 Å². The number of hydrogen-bond acceptors (Lipinski definition) is 4. The Morgan fingerprint density at radius 1 is 1.29 bits per heavy atom. The molecule has 2 heterocycles. The zero-order chi connectivity index (χ0) is 14.8. The number of ether oxygens (including phenoxy) is 1. The van der Waals surface area contributed by atoms with Crippen LogP contribution in [0.15, 0.2) is 41.9 Å². The normalized spacial score (nSPS) is 10.8. The molecule has 0 amide bonds. The number of carbonyl (C=O) groups is 1. The van der Waals surface area contributed by atoms with E-state index in [-0.39, 0.29) is 5.78 Å². The number of ketones is 1. The maximum Gasteiger partial charge on any atom is 0.168 e. The topological polar surface area (TPSA) is 39.2 Å². The van der Waals surface area contributed by atoms with E-state index in [2.05, 4.69) is 4.98 Å². The molecule has 0 bridgehead atoms. The van der Waals surface area contributed by atoms with Crippen LogP contribution >= 0.6 is 11.3 Å². The summed E-state index contributed by atoms with van der Waals surface area (Å²) in [6, 6.07) is 9.74. The lowest BCUT2D eigenvalue weighted by atomic mass is 10.0. The van der Waals surface area contributed by atoms with Gasteiger partial charge in [-0.15, -0.1) is 11.3 Å². The fourth-order valence-corrected chi connectivity index (χ4v) is 3.10. The Morgan fingerprint density at radius 3 is 2.95 bits per heavy atom. The highest BCUT2D eigenvalue weighted by atomic mass is 32.1. The zero-order valence-corrected chi connectivity index (χ0v) is 12.7. The van der Waals surface area contributed by atoms with Gasteiger partial charge in [0.05, 0.1) is 17.3 Å². The first-order valence-corrected chi connectivity index (χ1v) is 7.55. The second kappa shape index (κ2) is 5.66. The van der Waals surface area contributed by atoms with Gasteiger partial charge in [-0.2, -0.15) is 0 Å². The number of hydrogen-bond donors (Lipinski definition) is 0. The van der Waals surface area contributed by atoms with E-state index in [1.54, 1.807) is 24.6 Å². The maximum atomic E-state index is 12.5. The summed E-state index contributed by atoms with van der Waals surface area (Å²) in [5.41, 5.74) is 3.61. The van der Waals surface area contributed by atoms with Crippen molar-refractivity contribution in [1.82, 2.24) is 4.98 Å². The van der Waals surface area contributed by atoms with Gasteiger partial charge in [0.1, 0.15) is 5.75 Å². The van der Waals surface area contributed by atoms with Crippen LogP contribution in [0.5, 0.6) is 5.75 Å². The fourth-order valence-electron chi connectivity index (χ4n) is 2.32. The van der Waals surface area contributed by atoms with E-state index in [9.17, 15) is 4.79 Å². The lowest BCUT2D eigenvalue weighted by molar-refractivity contribution is 0.0992. The molecule has 106 valence electrons. The highest BCUT2D eigenvalue weighted by molar-refractivity contribution is 7.17. The number of nitrogens with zero attached hydrogens (tertiary/aromatic N) is 1. The molecule has 0 fully saturated rings. The molecule has 0 spiro atoms. The second-order valence-electron chi connectivity index (χ2n) is 4.94. The van der Waals surface area contributed by atoms with E-state index in [0.29, 0.717) is 12.0 Å². The number of thiophene rings is 1. The summed E-state index contributed by atoms with van der Waals surface area (Å²) in [5.74, 6) is 0.806. The summed E-state index contributed by atoms with van der Waals surface area (Å²) in [5, 5.41) is 1.98. The summed E-state index contributed by atoms with van der Waals surface area (Å²) >= 11 is 1.60. The van der Waals surface area contributed by atoms with Crippen LogP contribution in [0.1, 0.15) is 21.5 Å². The van der Waals surface area contributed by atoms with Gasteiger partial charge in [-0.05, 0) is 30.5 Å². The number of benzene rings is 1. The van der Waals surface area contributed by atoms with Crippen LogP contribution in [0.4, 0.5) is 0 Å². The number of aromatic nitrogens is 1. The van der Waals surface area contributed by atoms with E-state index in [1.165, 1.54) is 0 Å². The molecule has 1 aromatic carbocycles. The van der Waals surface area contributed by atoms with Crippen molar-refractivity contribution in [3.8, 4) is 5.75 Å². The third-order valence-electron chi connectivity index (χ3n) is 3.41. The minimum Gasteiger partial charge on any atom is -0.496 e. The van der Waals surface area contributed by atoms with Gasteiger partial charge >= 0.3 is 0 Å². The zero-order valence-electron chi connectivity index (χ0n) is 11.9. The van der Waals surface area contributed by atoms with Crippen LogP contribution in [-0.2, 0) is 6.42 Å². The summed E-state index contributed by atoms with van der Waals surface area (Å²) < 4.78 is 6.37. The minimum atomic E-state index is 0.0571. The van der Waals surface area contributed by atoms with E-state index >= 15 is 0 Å². The molecule has 3 rings (SSSR count). The molecule has 0 saturated carbocycles. The summed E-state index contributed by atoms with van der Waals surface area (Å²) in [7, 11) is 1.62. The molecule has 0 aliphatic carbocycles. The Labute approximate surface area is 127 Å². The van der Waals surface area contributed by atoms with Gasteiger partial charge in [-0.1, -0.05) is 17.7 Å². The predicted octanol–water partition coefficient (Wildman–Crippen LogP) is 4.04. The number of carbonyl (C=O) groups excluding carboxylic acids is 1. The van der Waals surface area contributed by atoms with Gasteiger partial charge in [-0.25, -0.2) is 0 Å². The Hall–Kier alpha value is -2.20. The number of rotatable bonds is 4. The molecule has 0 radical (unpaired) electrons. The van der Waals surface area contributed by atoms with Gasteiger partial charge in [0, 0.05) is 23.7 Å². The first-order chi connectivity index (χ1) is 10.2. The van der Waals surface area contributed by atoms with Crippen LogP contribution in [0.2, 0.25) is 0 Å². The maximum absolute atomic E-state index is 12.5. The third-order valence-corrected chi connectivity index (χ3v) is 4.26. The molecule has 0 unspecified atom stereocenters. The van der Waals surface area contributed by atoms with Crippen molar-refractivity contribution >= 4 is 27.3 Å². The SMILES string of the molecule is COc1ccc(C)cc1CC(=O)c1cnc2ccsc2c1. The van der Waals surface area contributed by atoms with Crippen molar-refractivity contribution in [3.63, 3.8) is 0 Å². The molecular formula is C17H15NO2S. The summed E-state index contributed by atoms with van der Waals surface area (Å²) in [6.07, 6.45) is 1.98. The number of pyridine rings is 1. The fraction of sp³-hybridized carbons (Fsp3) is 0.176. The first kappa shape index (κ1) is 13.8. The van der Waals surface area contributed by atoms with Crippen molar-refractivity contribution < 1.29 is 9.53 Å². The standard InChI is InChI=1S/C17H15NO2S/c1-11-3-4-16(20-2)12(7-11)8-15(19)13-9-17-14(18-10-13)5-6-21-17/h3-7,9-10H,8H2,1-2H3. The molecule has 0 saturated heterocycles. The molecule has 3 aromatic rings. The smallest absolute Gasteiger partial charge is 0.168 e. The van der Waals surface area contributed by atoms with E-state index in [1.807, 2.05) is 42.6 Å². The summed E-state index contributed by atoms with van der Waals surface area (Å²) in [6.45, 7) is 2.01. The molecule has 21 heavy (non-hydrogen) atoms. The van der Waals surface area contributed by atoms with Gasteiger partial charge < -0.3 is 4.74 Å². The molecule has 4 heteroatoms. The van der Waals surface area contributed by atoms with Crippen molar-refractivity contribution in [1.29, 1.82) is 0 Å². The highest BCUT2D eigenvalue weighted by Gasteiger charge is 2.12.